The third-order valence-corrected chi connectivity index (χ3v) is 3.71. The lowest BCUT2D eigenvalue weighted by molar-refractivity contribution is -0.171. The molecule has 0 aromatic carbocycles. The summed E-state index contributed by atoms with van der Waals surface area (Å²) >= 11 is 0. The predicted octanol–water partition coefficient (Wildman–Crippen LogP) is 1.94. The van der Waals surface area contributed by atoms with Gasteiger partial charge in [0.25, 0.3) is 0 Å². The van der Waals surface area contributed by atoms with Gasteiger partial charge in [-0.25, -0.2) is 14.4 Å². The van der Waals surface area contributed by atoms with E-state index in [0.29, 0.717) is 6.42 Å². The second kappa shape index (κ2) is 7.77. The smallest absolute Gasteiger partial charge is 0.345 e. The van der Waals surface area contributed by atoms with Gasteiger partial charge < -0.3 is 14.2 Å². The van der Waals surface area contributed by atoms with Crippen LogP contribution >= 0.6 is 0 Å². The Labute approximate surface area is 130 Å². The highest BCUT2D eigenvalue weighted by Gasteiger charge is 2.41. The number of rotatable bonds is 7. The van der Waals surface area contributed by atoms with Gasteiger partial charge in [-0.05, 0) is 38.2 Å². The molecule has 1 saturated carbocycles. The highest BCUT2D eigenvalue weighted by molar-refractivity contribution is 5.88. The van der Waals surface area contributed by atoms with E-state index in [2.05, 4.69) is 17.9 Å². The SMILES string of the molecule is C=CC1(OC(=O)COC(=O)COC(=O)C(=C)C)CCCC1C. The van der Waals surface area contributed by atoms with Gasteiger partial charge in [0, 0.05) is 5.57 Å². The molecule has 0 spiro atoms. The first-order valence-electron chi connectivity index (χ1n) is 7.14. The van der Waals surface area contributed by atoms with Gasteiger partial charge in [0.05, 0.1) is 0 Å². The van der Waals surface area contributed by atoms with Gasteiger partial charge in [0.2, 0.25) is 0 Å². The predicted molar refractivity (Wildman–Crippen MR) is 78.8 cm³/mol. The van der Waals surface area contributed by atoms with Crippen LogP contribution < -0.4 is 0 Å². The van der Waals surface area contributed by atoms with Crippen LogP contribution in [-0.4, -0.2) is 36.7 Å². The summed E-state index contributed by atoms with van der Waals surface area (Å²) in [6, 6.07) is 0. The van der Waals surface area contributed by atoms with Gasteiger partial charge in [-0.1, -0.05) is 20.1 Å². The zero-order chi connectivity index (χ0) is 16.8. The summed E-state index contributed by atoms with van der Waals surface area (Å²) in [5, 5.41) is 0. The van der Waals surface area contributed by atoms with Crippen molar-refractivity contribution in [3.05, 3.63) is 24.8 Å². The lowest BCUT2D eigenvalue weighted by atomic mass is 9.92. The molecule has 1 fully saturated rings. The van der Waals surface area contributed by atoms with Crippen LogP contribution in [0.1, 0.15) is 33.1 Å². The van der Waals surface area contributed by atoms with Gasteiger partial charge in [0.1, 0.15) is 5.60 Å². The summed E-state index contributed by atoms with van der Waals surface area (Å²) < 4.78 is 14.7. The quantitative estimate of drug-likeness (QED) is 0.309. The van der Waals surface area contributed by atoms with Crippen molar-refractivity contribution in [1.29, 1.82) is 0 Å². The number of carbonyl (C=O) groups is 3. The summed E-state index contributed by atoms with van der Waals surface area (Å²) in [5.74, 6) is -1.97. The molecule has 0 amide bonds. The minimum atomic E-state index is -0.821. The Bertz CT molecular complexity index is 481. The Morgan fingerprint density at radius 1 is 1.23 bits per heavy atom. The average Bonchev–Trinajstić information content (AvgIpc) is 2.83. The van der Waals surface area contributed by atoms with Crippen LogP contribution in [0.2, 0.25) is 0 Å². The maximum absolute atomic E-state index is 11.8. The van der Waals surface area contributed by atoms with Crippen LogP contribution in [0.15, 0.2) is 24.8 Å². The molecule has 0 aromatic heterocycles. The Balaban J connectivity index is 2.36. The normalized spacial score (nSPS) is 23.5. The first-order chi connectivity index (χ1) is 10.3. The molecule has 2 atom stereocenters. The minimum absolute atomic E-state index is 0.176. The Hall–Kier alpha value is -2.11. The lowest BCUT2D eigenvalue weighted by Gasteiger charge is -2.30. The number of esters is 3. The third-order valence-electron chi connectivity index (χ3n) is 3.71. The first kappa shape index (κ1) is 17.9. The molecule has 6 nitrogen and oxygen atoms in total. The molecule has 0 heterocycles. The Kier molecular flexibility index (Phi) is 6.34. The molecule has 0 radical (unpaired) electrons. The van der Waals surface area contributed by atoms with Crippen molar-refractivity contribution in [1.82, 2.24) is 0 Å². The fourth-order valence-electron chi connectivity index (χ4n) is 2.34. The van der Waals surface area contributed by atoms with Crippen molar-refractivity contribution in [2.75, 3.05) is 13.2 Å². The fraction of sp³-hybridized carbons (Fsp3) is 0.562. The van der Waals surface area contributed by atoms with E-state index in [9.17, 15) is 14.4 Å². The zero-order valence-electron chi connectivity index (χ0n) is 13.1. The van der Waals surface area contributed by atoms with E-state index in [-0.39, 0.29) is 11.5 Å². The van der Waals surface area contributed by atoms with Gasteiger partial charge in [-0.15, -0.1) is 0 Å². The van der Waals surface area contributed by atoms with Crippen molar-refractivity contribution < 1.29 is 28.6 Å². The van der Waals surface area contributed by atoms with Crippen LogP contribution in [0.5, 0.6) is 0 Å². The van der Waals surface area contributed by atoms with E-state index in [1.165, 1.54) is 6.92 Å². The van der Waals surface area contributed by atoms with E-state index in [1.807, 2.05) is 6.92 Å². The van der Waals surface area contributed by atoms with Crippen LogP contribution in [0.4, 0.5) is 0 Å². The third kappa shape index (κ3) is 4.72. The first-order valence-corrected chi connectivity index (χ1v) is 7.14. The average molecular weight is 310 g/mol. The second-order valence-corrected chi connectivity index (χ2v) is 5.44. The van der Waals surface area contributed by atoms with Crippen LogP contribution in [0, 0.1) is 5.92 Å². The van der Waals surface area contributed by atoms with Crippen molar-refractivity contribution in [2.45, 2.75) is 38.7 Å². The molecule has 2 unspecified atom stereocenters. The second-order valence-electron chi connectivity index (χ2n) is 5.44. The molecular weight excluding hydrogens is 288 g/mol. The number of hydrogen-bond donors (Lipinski definition) is 0. The molecule has 0 saturated heterocycles. The van der Waals surface area contributed by atoms with E-state index >= 15 is 0 Å². The highest BCUT2D eigenvalue weighted by atomic mass is 16.6. The molecular formula is C16H22O6. The van der Waals surface area contributed by atoms with E-state index in [1.54, 1.807) is 6.08 Å². The van der Waals surface area contributed by atoms with Crippen LogP contribution in [0.3, 0.4) is 0 Å². The molecule has 1 aliphatic rings. The van der Waals surface area contributed by atoms with E-state index < -0.39 is 36.7 Å². The van der Waals surface area contributed by atoms with Crippen LogP contribution in [-0.2, 0) is 28.6 Å². The van der Waals surface area contributed by atoms with Crippen LogP contribution in [0.25, 0.3) is 0 Å². The molecule has 6 heteroatoms. The summed E-state index contributed by atoms with van der Waals surface area (Å²) in [5.41, 5.74) is -0.508. The van der Waals surface area contributed by atoms with E-state index in [0.717, 1.165) is 12.8 Å². The topological polar surface area (TPSA) is 78.9 Å². The summed E-state index contributed by atoms with van der Waals surface area (Å²) in [6.07, 6.45) is 4.26. The molecule has 0 N–H and O–H groups in total. The molecule has 0 aliphatic heterocycles. The number of ether oxygens (including phenoxy) is 3. The largest absolute Gasteiger partial charge is 0.452 e. The number of carbonyl (C=O) groups excluding carboxylic acids is 3. The summed E-state index contributed by atoms with van der Waals surface area (Å²) in [7, 11) is 0. The van der Waals surface area contributed by atoms with E-state index in [4.69, 9.17) is 9.47 Å². The van der Waals surface area contributed by atoms with Crippen molar-refractivity contribution >= 4 is 17.9 Å². The molecule has 0 aromatic rings. The molecule has 122 valence electrons. The minimum Gasteiger partial charge on any atom is -0.452 e. The standard InChI is InChI=1S/C16H22O6/c1-5-16(8-6-7-12(16)4)22-14(18)10-20-13(17)9-21-15(19)11(2)3/h5,12H,1-2,6-10H2,3-4H3. The molecule has 1 aliphatic carbocycles. The summed E-state index contributed by atoms with van der Waals surface area (Å²) in [4.78, 5) is 34.3. The molecule has 22 heavy (non-hydrogen) atoms. The highest BCUT2D eigenvalue weighted by Crippen LogP contribution is 2.39. The maximum atomic E-state index is 11.8. The maximum Gasteiger partial charge on any atom is 0.345 e. The molecule has 0 bridgehead atoms. The van der Waals surface area contributed by atoms with Gasteiger partial charge >= 0.3 is 17.9 Å². The van der Waals surface area contributed by atoms with Crippen molar-refractivity contribution in [3.63, 3.8) is 0 Å². The van der Waals surface area contributed by atoms with Gasteiger partial charge in [-0.2, -0.15) is 0 Å². The lowest BCUT2D eigenvalue weighted by Crippen LogP contribution is -2.37. The Morgan fingerprint density at radius 2 is 1.86 bits per heavy atom. The molecule has 1 rings (SSSR count). The zero-order valence-corrected chi connectivity index (χ0v) is 13.1. The van der Waals surface area contributed by atoms with Gasteiger partial charge in [0.15, 0.2) is 13.2 Å². The monoisotopic (exact) mass is 310 g/mol. The summed E-state index contributed by atoms with van der Waals surface area (Å²) in [6.45, 7) is 9.47. The van der Waals surface area contributed by atoms with Crippen molar-refractivity contribution in [2.24, 2.45) is 5.92 Å². The van der Waals surface area contributed by atoms with Gasteiger partial charge in [-0.3, -0.25) is 0 Å². The fourth-order valence-corrected chi connectivity index (χ4v) is 2.34. The van der Waals surface area contributed by atoms with Crippen molar-refractivity contribution in [3.8, 4) is 0 Å². The number of hydrogen-bond acceptors (Lipinski definition) is 6. The Morgan fingerprint density at radius 3 is 2.36 bits per heavy atom.